The Morgan fingerprint density at radius 1 is 1.69 bits per heavy atom. The molecule has 0 aromatic carbocycles. The van der Waals surface area contributed by atoms with Gasteiger partial charge in [-0.25, -0.2) is 9.89 Å². The molecule has 1 aromatic rings. The molecule has 1 heterocycles. The van der Waals surface area contributed by atoms with Gasteiger partial charge in [0.2, 0.25) is 0 Å². The van der Waals surface area contributed by atoms with Gasteiger partial charge in [0.15, 0.2) is 5.82 Å². The summed E-state index contributed by atoms with van der Waals surface area (Å²) in [5, 5.41) is 5.88. The van der Waals surface area contributed by atoms with E-state index < -0.39 is 5.69 Å². The molecule has 0 saturated heterocycles. The van der Waals surface area contributed by atoms with Crippen LogP contribution in [0.15, 0.2) is 9.82 Å². The van der Waals surface area contributed by atoms with Crippen molar-refractivity contribution in [3.05, 3.63) is 10.5 Å². The first kappa shape index (κ1) is 9.72. The summed E-state index contributed by atoms with van der Waals surface area (Å²) in [6.45, 7) is 1.45. The molecule has 0 fully saturated rings. The number of nitrogens with one attached hydrogen (secondary N) is 1. The van der Waals surface area contributed by atoms with Crippen LogP contribution in [0.5, 0.6) is 0 Å². The molecule has 0 atom stereocenters. The SMILES string of the molecule is CC(=O)CSc1nc(=O)[nH]nc1N. The topological polar surface area (TPSA) is 102 Å². The minimum Gasteiger partial charge on any atom is -0.380 e. The summed E-state index contributed by atoms with van der Waals surface area (Å²) in [7, 11) is 0. The highest BCUT2D eigenvalue weighted by atomic mass is 32.2. The van der Waals surface area contributed by atoms with Crippen LogP contribution < -0.4 is 11.4 Å². The molecule has 6 nitrogen and oxygen atoms in total. The summed E-state index contributed by atoms with van der Waals surface area (Å²) in [4.78, 5) is 24.9. The van der Waals surface area contributed by atoms with Gasteiger partial charge in [-0.15, -0.1) is 0 Å². The Bertz CT molecular complexity index is 375. The third-order valence-corrected chi connectivity index (χ3v) is 2.23. The monoisotopic (exact) mass is 200 g/mol. The van der Waals surface area contributed by atoms with E-state index in [0.717, 1.165) is 11.8 Å². The molecule has 0 saturated carbocycles. The zero-order valence-corrected chi connectivity index (χ0v) is 7.72. The highest BCUT2D eigenvalue weighted by Gasteiger charge is 2.05. The Labute approximate surface area is 77.9 Å². The molecule has 0 amide bonds. The number of carbonyl (C=O) groups is 1. The number of aromatic nitrogens is 3. The van der Waals surface area contributed by atoms with E-state index in [4.69, 9.17) is 5.73 Å². The minimum atomic E-state index is -0.569. The van der Waals surface area contributed by atoms with Gasteiger partial charge >= 0.3 is 5.69 Å². The van der Waals surface area contributed by atoms with Crippen LogP contribution in [0.4, 0.5) is 5.82 Å². The Kier molecular flexibility index (Phi) is 3.02. The van der Waals surface area contributed by atoms with E-state index >= 15 is 0 Å². The highest BCUT2D eigenvalue weighted by molar-refractivity contribution is 8.00. The van der Waals surface area contributed by atoms with Gasteiger partial charge in [-0.2, -0.15) is 10.1 Å². The Balaban J connectivity index is 2.81. The summed E-state index contributed by atoms with van der Waals surface area (Å²) in [6.07, 6.45) is 0. The fraction of sp³-hybridized carbons (Fsp3) is 0.333. The quantitative estimate of drug-likeness (QED) is 0.633. The van der Waals surface area contributed by atoms with Crippen LogP contribution in [0, 0.1) is 0 Å². The number of aromatic amines is 1. The minimum absolute atomic E-state index is 0.00789. The second-order valence-electron chi connectivity index (χ2n) is 2.32. The molecule has 0 radical (unpaired) electrons. The summed E-state index contributed by atoms with van der Waals surface area (Å²) in [5.74, 6) is 0.361. The van der Waals surface area contributed by atoms with E-state index in [2.05, 4.69) is 15.2 Å². The molecule has 70 valence electrons. The Morgan fingerprint density at radius 2 is 2.38 bits per heavy atom. The van der Waals surface area contributed by atoms with E-state index in [1.165, 1.54) is 6.92 Å². The lowest BCUT2D eigenvalue weighted by Gasteiger charge is -1.98. The zero-order chi connectivity index (χ0) is 9.84. The van der Waals surface area contributed by atoms with Crippen molar-refractivity contribution in [3.8, 4) is 0 Å². The molecule has 1 rings (SSSR count). The first-order valence-corrected chi connectivity index (χ1v) is 4.42. The number of nitrogens with zero attached hydrogens (tertiary/aromatic N) is 2. The maximum absolute atomic E-state index is 10.7. The summed E-state index contributed by atoms with van der Waals surface area (Å²) >= 11 is 1.10. The number of hydrogen-bond acceptors (Lipinski definition) is 6. The van der Waals surface area contributed by atoms with E-state index in [-0.39, 0.29) is 17.4 Å². The average molecular weight is 200 g/mol. The first-order chi connectivity index (χ1) is 6.09. The van der Waals surface area contributed by atoms with Crippen molar-refractivity contribution in [2.75, 3.05) is 11.5 Å². The fourth-order valence-corrected chi connectivity index (χ4v) is 1.29. The van der Waals surface area contributed by atoms with Crippen LogP contribution in [0.25, 0.3) is 0 Å². The molecule has 0 aliphatic carbocycles. The lowest BCUT2D eigenvalue weighted by Crippen LogP contribution is -2.15. The predicted octanol–water partition coefficient (Wildman–Crippen LogP) is -0.572. The lowest BCUT2D eigenvalue weighted by atomic mass is 10.5. The number of nitrogen functional groups attached to an aromatic ring is 1. The second kappa shape index (κ2) is 4.04. The normalized spacial score (nSPS) is 9.92. The summed E-state index contributed by atoms with van der Waals surface area (Å²) in [5.41, 5.74) is 4.83. The molecule has 13 heavy (non-hydrogen) atoms. The highest BCUT2D eigenvalue weighted by Crippen LogP contribution is 2.17. The van der Waals surface area contributed by atoms with Crippen molar-refractivity contribution in [1.82, 2.24) is 15.2 Å². The number of ketones is 1. The number of nitrogens with two attached hydrogens (primary N) is 1. The van der Waals surface area contributed by atoms with Gasteiger partial charge in [0.1, 0.15) is 10.8 Å². The van der Waals surface area contributed by atoms with Crippen molar-refractivity contribution < 1.29 is 4.79 Å². The van der Waals surface area contributed by atoms with Gasteiger partial charge in [0.05, 0.1) is 5.75 Å². The number of carbonyl (C=O) groups excluding carboxylic acids is 1. The average Bonchev–Trinajstić information content (AvgIpc) is 2.06. The molecule has 7 heteroatoms. The first-order valence-electron chi connectivity index (χ1n) is 3.44. The van der Waals surface area contributed by atoms with Gasteiger partial charge in [0.25, 0.3) is 0 Å². The number of rotatable bonds is 3. The predicted molar refractivity (Wildman–Crippen MR) is 48.5 cm³/mol. The molecular formula is C6H8N4O2S. The summed E-state index contributed by atoms with van der Waals surface area (Å²) < 4.78 is 0. The fourth-order valence-electron chi connectivity index (χ4n) is 0.607. The van der Waals surface area contributed by atoms with Crippen molar-refractivity contribution in [2.45, 2.75) is 11.9 Å². The van der Waals surface area contributed by atoms with Crippen LogP contribution >= 0.6 is 11.8 Å². The van der Waals surface area contributed by atoms with Crippen molar-refractivity contribution in [2.24, 2.45) is 0 Å². The number of anilines is 1. The van der Waals surface area contributed by atoms with E-state index in [1.54, 1.807) is 0 Å². The van der Waals surface area contributed by atoms with Gasteiger partial charge in [0, 0.05) is 0 Å². The van der Waals surface area contributed by atoms with Crippen LogP contribution in [0.3, 0.4) is 0 Å². The maximum Gasteiger partial charge on any atom is 0.362 e. The molecule has 3 N–H and O–H groups in total. The number of hydrogen-bond donors (Lipinski definition) is 2. The zero-order valence-electron chi connectivity index (χ0n) is 6.90. The molecule has 0 unspecified atom stereocenters. The molecular weight excluding hydrogens is 192 g/mol. The largest absolute Gasteiger partial charge is 0.380 e. The van der Waals surface area contributed by atoms with E-state index in [0.29, 0.717) is 5.03 Å². The molecule has 0 spiro atoms. The van der Waals surface area contributed by atoms with Crippen LogP contribution in [0.1, 0.15) is 6.92 Å². The third kappa shape index (κ3) is 2.86. The van der Waals surface area contributed by atoms with Crippen LogP contribution in [-0.4, -0.2) is 26.7 Å². The lowest BCUT2D eigenvalue weighted by molar-refractivity contribution is -0.114. The molecule has 0 bridgehead atoms. The smallest absolute Gasteiger partial charge is 0.362 e. The van der Waals surface area contributed by atoms with Crippen LogP contribution in [0.2, 0.25) is 0 Å². The van der Waals surface area contributed by atoms with E-state index in [9.17, 15) is 9.59 Å². The number of H-pyrrole nitrogens is 1. The van der Waals surface area contributed by atoms with E-state index in [1.807, 2.05) is 0 Å². The second-order valence-corrected chi connectivity index (χ2v) is 3.29. The van der Waals surface area contributed by atoms with Gasteiger partial charge < -0.3 is 5.73 Å². The van der Waals surface area contributed by atoms with Gasteiger partial charge in [-0.05, 0) is 6.92 Å². The number of Topliss-reactive ketones (excluding diaryl/α,β-unsaturated/α-hetero) is 1. The third-order valence-electron chi connectivity index (χ3n) is 1.11. The van der Waals surface area contributed by atoms with Crippen molar-refractivity contribution >= 4 is 23.4 Å². The number of thioether (sulfide) groups is 1. The molecule has 1 aromatic heterocycles. The standard InChI is InChI=1S/C6H8N4O2S/c1-3(11)2-13-5-4(7)9-10-6(12)8-5/h2H2,1H3,(H2,7,9)(H,8,10,12). The van der Waals surface area contributed by atoms with Crippen molar-refractivity contribution in [1.29, 1.82) is 0 Å². The Morgan fingerprint density at radius 3 is 3.00 bits per heavy atom. The molecule has 0 aliphatic rings. The van der Waals surface area contributed by atoms with Crippen molar-refractivity contribution in [3.63, 3.8) is 0 Å². The van der Waals surface area contributed by atoms with Gasteiger partial charge in [-0.1, -0.05) is 11.8 Å². The van der Waals surface area contributed by atoms with Crippen LogP contribution in [-0.2, 0) is 4.79 Å². The molecule has 0 aliphatic heterocycles. The maximum atomic E-state index is 10.7. The summed E-state index contributed by atoms with van der Waals surface area (Å²) in [6, 6.07) is 0. The Hall–Kier alpha value is -1.37. The van der Waals surface area contributed by atoms with Gasteiger partial charge in [-0.3, -0.25) is 4.79 Å².